The molecule has 4 rings (SSSR count). The average molecular weight is 383 g/mol. The number of hydrogen-bond acceptors (Lipinski definition) is 5. The van der Waals surface area contributed by atoms with E-state index >= 15 is 0 Å². The SMILES string of the molecule is CC[C@H]1CNCCN1C(=O)c1cc(-c2ccc(O)cc2F)nc2[nH]nc(C)c12. The third-order valence-corrected chi connectivity index (χ3v) is 5.25. The van der Waals surface area contributed by atoms with E-state index in [0.717, 1.165) is 25.6 Å². The zero-order valence-corrected chi connectivity index (χ0v) is 15.8. The van der Waals surface area contributed by atoms with Gasteiger partial charge in [-0.2, -0.15) is 5.10 Å². The lowest BCUT2D eigenvalue weighted by Crippen LogP contribution is -2.53. The number of phenols is 1. The maximum atomic E-state index is 14.4. The van der Waals surface area contributed by atoms with Gasteiger partial charge in [-0.1, -0.05) is 6.92 Å². The number of nitrogens with one attached hydrogen (secondary N) is 2. The Hall–Kier alpha value is -3.00. The second-order valence-electron chi connectivity index (χ2n) is 7.02. The maximum absolute atomic E-state index is 14.4. The molecule has 0 saturated carbocycles. The normalized spacial score (nSPS) is 17.2. The van der Waals surface area contributed by atoms with Gasteiger partial charge in [0.2, 0.25) is 0 Å². The van der Waals surface area contributed by atoms with Crippen molar-refractivity contribution in [3.05, 3.63) is 41.3 Å². The number of carbonyl (C=O) groups is 1. The number of pyridine rings is 1. The highest BCUT2D eigenvalue weighted by Gasteiger charge is 2.29. The van der Waals surface area contributed by atoms with Gasteiger partial charge in [0.1, 0.15) is 11.6 Å². The van der Waals surface area contributed by atoms with Gasteiger partial charge >= 0.3 is 0 Å². The molecule has 0 aliphatic carbocycles. The summed E-state index contributed by atoms with van der Waals surface area (Å²) in [5.74, 6) is -0.872. The van der Waals surface area contributed by atoms with Crippen LogP contribution in [-0.2, 0) is 0 Å². The fourth-order valence-electron chi connectivity index (χ4n) is 3.75. The molecule has 0 spiro atoms. The molecule has 3 aromatic rings. The Bertz CT molecular complexity index is 1050. The number of piperazine rings is 1. The number of aryl methyl sites for hydroxylation is 1. The molecular formula is C20H22FN5O2. The summed E-state index contributed by atoms with van der Waals surface area (Å²) in [6.07, 6.45) is 0.844. The molecule has 2 aromatic heterocycles. The number of aromatic amines is 1. The molecule has 3 N–H and O–H groups in total. The molecule has 1 atom stereocenters. The number of rotatable bonds is 3. The number of nitrogens with zero attached hydrogens (tertiary/aromatic N) is 3. The predicted molar refractivity (Wildman–Crippen MR) is 104 cm³/mol. The van der Waals surface area contributed by atoms with Crippen LogP contribution < -0.4 is 5.32 Å². The second kappa shape index (κ2) is 7.20. The van der Waals surface area contributed by atoms with Crippen molar-refractivity contribution in [2.24, 2.45) is 0 Å². The summed E-state index contributed by atoms with van der Waals surface area (Å²) >= 11 is 0. The highest BCUT2D eigenvalue weighted by molar-refractivity contribution is 6.07. The molecule has 146 valence electrons. The minimum absolute atomic E-state index is 0.102. The first-order valence-corrected chi connectivity index (χ1v) is 9.36. The molecule has 1 aliphatic heterocycles. The van der Waals surface area contributed by atoms with Crippen molar-refractivity contribution in [2.75, 3.05) is 19.6 Å². The fourth-order valence-corrected chi connectivity index (χ4v) is 3.75. The number of aromatic hydroxyl groups is 1. The molecule has 8 heteroatoms. The van der Waals surface area contributed by atoms with Crippen molar-refractivity contribution >= 4 is 16.9 Å². The monoisotopic (exact) mass is 383 g/mol. The quantitative estimate of drug-likeness (QED) is 0.646. The predicted octanol–water partition coefficient (Wildman–Crippen LogP) is 2.60. The van der Waals surface area contributed by atoms with E-state index in [1.807, 2.05) is 11.8 Å². The molecule has 0 radical (unpaired) electrons. The number of halogens is 1. The Kier molecular flexibility index (Phi) is 4.72. The Morgan fingerprint density at radius 3 is 2.96 bits per heavy atom. The lowest BCUT2D eigenvalue weighted by atomic mass is 10.0. The first-order valence-electron chi connectivity index (χ1n) is 9.36. The summed E-state index contributed by atoms with van der Waals surface area (Å²) in [5.41, 5.74) is 2.10. The van der Waals surface area contributed by atoms with E-state index in [4.69, 9.17) is 0 Å². The van der Waals surface area contributed by atoms with Crippen LogP contribution in [0.4, 0.5) is 4.39 Å². The minimum Gasteiger partial charge on any atom is -0.508 e. The maximum Gasteiger partial charge on any atom is 0.255 e. The van der Waals surface area contributed by atoms with E-state index in [-0.39, 0.29) is 23.3 Å². The summed E-state index contributed by atoms with van der Waals surface area (Å²) in [4.78, 5) is 19.8. The average Bonchev–Trinajstić information content (AvgIpc) is 3.07. The summed E-state index contributed by atoms with van der Waals surface area (Å²) in [5, 5.41) is 20.5. The first-order chi connectivity index (χ1) is 13.5. The first kappa shape index (κ1) is 18.4. The van der Waals surface area contributed by atoms with Crippen molar-refractivity contribution in [1.29, 1.82) is 0 Å². The highest BCUT2D eigenvalue weighted by Crippen LogP contribution is 2.30. The molecule has 1 aromatic carbocycles. The largest absolute Gasteiger partial charge is 0.508 e. The number of amides is 1. The highest BCUT2D eigenvalue weighted by atomic mass is 19.1. The summed E-state index contributed by atoms with van der Waals surface area (Å²) < 4.78 is 14.4. The van der Waals surface area contributed by atoms with Crippen LogP contribution in [0.2, 0.25) is 0 Å². The summed E-state index contributed by atoms with van der Waals surface area (Å²) in [6, 6.07) is 5.61. The van der Waals surface area contributed by atoms with Gasteiger partial charge < -0.3 is 15.3 Å². The third-order valence-electron chi connectivity index (χ3n) is 5.25. The lowest BCUT2D eigenvalue weighted by Gasteiger charge is -2.36. The van der Waals surface area contributed by atoms with E-state index < -0.39 is 5.82 Å². The second-order valence-corrected chi connectivity index (χ2v) is 7.02. The van der Waals surface area contributed by atoms with Crippen LogP contribution in [0.3, 0.4) is 0 Å². The lowest BCUT2D eigenvalue weighted by molar-refractivity contribution is 0.0633. The number of hydrogen-bond donors (Lipinski definition) is 3. The van der Waals surface area contributed by atoms with Gasteiger partial charge in [0, 0.05) is 37.3 Å². The standard InChI is InChI=1S/C20H22FN5O2/c1-3-12-10-22-6-7-26(12)20(28)15-9-17(14-5-4-13(27)8-16(14)21)23-19-18(15)11(2)24-25-19/h4-5,8-9,12,22,27H,3,6-7,10H2,1-2H3,(H,23,24,25)/t12-/m0/s1. The smallest absolute Gasteiger partial charge is 0.255 e. The van der Waals surface area contributed by atoms with E-state index in [0.29, 0.717) is 34.5 Å². The molecule has 1 fully saturated rings. The van der Waals surface area contributed by atoms with Crippen molar-refractivity contribution in [1.82, 2.24) is 25.4 Å². The van der Waals surface area contributed by atoms with Crippen LogP contribution in [0.1, 0.15) is 29.4 Å². The molecule has 7 nitrogen and oxygen atoms in total. The number of aromatic nitrogens is 3. The van der Waals surface area contributed by atoms with Crippen LogP contribution in [0.5, 0.6) is 5.75 Å². The van der Waals surface area contributed by atoms with Gasteiger partial charge in [-0.25, -0.2) is 9.37 Å². The van der Waals surface area contributed by atoms with Crippen LogP contribution >= 0.6 is 0 Å². The van der Waals surface area contributed by atoms with Crippen molar-refractivity contribution in [3.63, 3.8) is 0 Å². The van der Waals surface area contributed by atoms with Crippen LogP contribution in [0.15, 0.2) is 24.3 Å². The van der Waals surface area contributed by atoms with Gasteiger partial charge in [0.15, 0.2) is 5.65 Å². The molecule has 1 amide bonds. The Labute approximate surface area is 161 Å². The molecule has 1 aliphatic rings. The van der Waals surface area contributed by atoms with Gasteiger partial charge in [-0.3, -0.25) is 9.89 Å². The van der Waals surface area contributed by atoms with Gasteiger partial charge in [0.05, 0.1) is 22.3 Å². The van der Waals surface area contributed by atoms with E-state index in [1.165, 1.54) is 12.1 Å². The summed E-state index contributed by atoms with van der Waals surface area (Å²) in [7, 11) is 0. The van der Waals surface area contributed by atoms with E-state index in [9.17, 15) is 14.3 Å². The molecule has 28 heavy (non-hydrogen) atoms. The van der Waals surface area contributed by atoms with E-state index in [2.05, 4.69) is 27.4 Å². The fraction of sp³-hybridized carbons (Fsp3) is 0.350. The van der Waals surface area contributed by atoms with Gasteiger partial charge in [0.25, 0.3) is 5.91 Å². The number of fused-ring (bicyclic) bond motifs is 1. The van der Waals surface area contributed by atoms with E-state index in [1.54, 1.807) is 6.07 Å². The number of H-pyrrole nitrogens is 1. The van der Waals surface area contributed by atoms with Gasteiger partial charge in [-0.05, 0) is 31.5 Å². The molecule has 0 unspecified atom stereocenters. The third kappa shape index (κ3) is 3.09. The van der Waals surface area contributed by atoms with Crippen LogP contribution in [-0.4, -0.2) is 56.8 Å². The molecular weight excluding hydrogens is 361 g/mol. The Morgan fingerprint density at radius 1 is 1.39 bits per heavy atom. The van der Waals surface area contributed by atoms with Crippen molar-refractivity contribution < 1.29 is 14.3 Å². The minimum atomic E-state index is -0.602. The van der Waals surface area contributed by atoms with Crippen molar-refractivity contribution in [3.8, 4) is 17.0 Å². The summed E-state index contributed by atoms with van der Waals surface area (Å²) in [6.45, 7) is 5.97. The molecule has 3 heterocycles. The number of benzene rings is 1. The zero-order chi connectivity index (χ0) is 19.8. The Balaban J connectivity index is 1.87. The Morgan fingerprint density at radius 2 is 2.21 bits per heavy atom. The molecule has 1 saturated heterocycles. The topological polar surface area (TPSA) is 94.1 Å². The molecule has 0 bridgehead atoms. The van der Waals surface area contributed by atoms with Crippen molar-refractivity contribution in [2.45, 2.75) is 26.3 Å². The number of carbonyl (C=O) groups excluding carboxylic acids is 1. The van der Waals surface area contributed by atoms with Crippen LogP contribution in [0, 0.1) is 12.7 Å². The van der Waals surface area contributed by atoms with Crippen LogP contribution in [0.25, 0.3) is 22.3 Å². The zero-order valence-electron chi connectivity index (χ0n) is 15.8. The number of phenolic OH excluding ortho intramolecular Hbond substituents is 1. The van der Waals surface area contributed by atoms with Gasteiger partial charge in [-0.15, -0.1) is 0 Å².